The van der Waals surface area contributed by atoms with Crippen molar-refractivity contribution in [1.82, 2.24) is 4.72 Å². The molecule has 2 aliphatic rings. The van der Waals surface area contributed by atoms with Gasteiger partial charge in [-0.2, -0.15) is 0 Å². The highest BCUT2D eigenvalue weighted by atomic mass is 35.5. The predicted octanol–water partition coefficient (Wildman–Crippen LogP) is 2.51. The molecule has 2 saturated carbocycles. The molecule has 2 N–H and O–H groups in total. The van der Waals surface area contributed by atoms with Crippen molar-refractivity contribution in [2.24, 2.45) is 11.8 Å². The van der Waals surface area contributed by atoms with Gasteiger partial charge in [-0.25, -0.2) is 17.9 Å². The zero-order valence-corrected chi connectivity index (χ0v) is 12.8. The third-order valence-corrected chi connectivity index (χ3v) is 6.48. The highest BCUT2D eigenvalue weighted by molar-refractivity contribution is 7.89. The van der Waals surface area contributed by atoms with E-state index < -0.39 is 16.0 Å². The number of aromatic carboxylic acids is 1. The Morgan fingerprint density at radius 2 is 2.05 bits per heavy atom. The van der Waals surface area contributed by atoms with E-state index in [9.17, 15) is 13.2 Å². The van der Waals surface area contributed by atoms with Gasteiger partial charge < -0.3 is 5.11 Å². The van der Waals surface area contributed by atoms with Gasteiger partial charge in [0.25, 0.3) is 0 Å². The number of hydrogen-bond acceptors (Lipinski definition) is 3. The van der Waals surface area contributed by atoms with Gasteiger partial charge in [-0.1, -0.05) is 18.0 Å². The number of hydrogen-bond donors (Lipinski definition) is 2. The molecular formula is C14H16ClNO4S. The second-order valence-electron chi connectivity index (χ2n) is 5.85. The van der Waals surface area contributed by atoms with E-state index in [1.54, 1.807) is 0 Å². The molecule has 0 spiro atoms. The summed E-state index contributed by atoms with van der Waals surface area (Å²) >= 11 is 5.94. The molecular weight excluding hydrogens is 314 g/mol. The number of sulfonamides is 1. The summed E-state index contributed by atoms with van der Waals surface area (Å²) in [6.45, 7) is 0. The van der Waals surface area contributed by atoms with E-state index >= 15 is 0 Å². The fourth-order valence-electron chi connectivity index (χ4n) is 3.49. The molecule has 2 bridgehead atoms. The molecule has 0 saturated heterocycles. The number of fused-ring (bicyclic) bond motifs is 2. The van der Waals surface area contributed by atoms with Gasteiger partial charge in [0.05, 0.1) is 10.6 Å². The Kier molecular flexibility index (Phi) is 3.71. The molecule has 2 aliphatic carbocycles. The molecule has 21 heavy (non-hydrogen) atoms. The lowest BCUT2D eigenvalue weighted by Gasteiger charge is -2.23. The smallest absolute Gasteiger partial charge is 0.335 e. The number of carbonyl (C=O) groups is 1. The number of rotatable bonds is 4. The van der Waals surface area contributed by atoms with Crippen LogP contribution in [0.5, 0.6) is 0 Å². The predicted molar refractivity (Wildman–Crippen MR) is 78.0 cm³/mol. The summed E-state index contributed by atoms with van der Waals surface area (Å²) in [7, 11) is -3.80. The summed E-state index contributed by atoms with van der Waals surface area (Å²) in [5.74, 6) is -0.169. The van der Waals surface area contributed by atoms with E-state index in [-0.39, 0.29) is 21.5 Å². The van der Waals surface area contributed by atoms with Crippen LogP contribution in [0.25, 0.3) is 0 Å². The molecule has 1 aromatic carbocycles. The van der Waals surface area contributed by atoms with Crippen LogP contribution in [0.3, 0.4) is 0 Å². The van der Waals surface area contributed by atoms with Gasteiger partial charge in [-0.3, -0.25) is 0 Å². The van der Waals surface area contributed by atoms with E-state index in [0.29, 0.717) is 11.8 Å². The molecule has 0 aromatic heterocycles. The summed E-state index contributed by atoms with van der Waals surface area (Å²) in [5, 5.41) is 9.02. The maximum atomic E-state index is 12.5. The van der Waals surface area contributed by atoms with Gasteiger partial charge in [-0.15, -0.1) is 0 Å². The van der Waals surface area contributed by atoms with Crippen molar-refractivity contribution in [2.75, 3.05) is 0 Å². The fourth-order valence-corrected chi connectivity index (χ4v) is 5.34. The summed E-state index contributed by atoms with van der Waals surface area (Å²) in [4.78, 5) is 10.8. The molecule has 0 amide bonds. The maximum absolute atomic E-state index is 12.5. The van der Waals surface area contributed by atoms with Crippen molar-refractivity contribution < 1.29 is 18.3 Å². The summed E-state index contributed by atoms with van der Waals surface area (Å²) in [6.07, 6.45) is 4.18. The first-order chi connectivity index (χ1) is 9.87. The molecule has 5 nitrogen and oxygen atoms in total. The average Bonchev–Trinajstić information content (AvgIpc) is 3.00. The van der Waals surface area contributed by atoms with Crippen LogP contribution in [0.1, 0.15) is 36.0 Å². The molecule has 3 atom stereocenters. The quantitative estimate of drug-likeness (QED) is 0.889. The van der Waals surface area contributed by atoms with E-state index in [0.717, 1.165) is 25.3 Å². The minimum absolute atomic E-state index is 0.0376. The minimum Gasteiger partial charge on any atom is -0.478 e. The number of halogens is 1. The van der Waals surface area contributed by atoms with Crippen molar-refractivity contribution in [3.63, 3.8) is 0 Å². The second kappa shape index (κ2) is 5.26. The third-order valence-electron chi connectivity index (χ3n) is 4.51. The van der Waals surface area contributed by atoms with E-state index in [2.05, 4.69) is 4.72 Å². The van der Waals surface area contributed by atoms with Crippen LogP contribution < -0.4 is 4.72 Å². The number of carboxylic acids is 1. The van der Waals surface area contributed by atoms with Crippen LogP contribution >= 0.6 is 11.6 Å². The summed E-state index contributed by atoms with van der Waals surface area (Å²) in [5.41, 5.74) is -0.0901. The average molecular weight is 330 g/mol. The Morgan fingerprint density at radius 3 is 2.62 bits per heavy atom. The largest absolute Gasteiger partial charge is 0.478 e. The van der Waals surface area contributed by atoms with Crippen molar-refractivity contribution in [3.8, 4) is 0 Å². The van der Waals surface area contributed by atoms with Crippen LogP contribution in [0, 0.1) is 11.8 Å². The second-order valence-corrected chi connectivity index (χ2v) is 7.94. The lowest BCUT2D eigenvalue weighted by molar-refractivity contribution is 0.0696. The van der Waals surface area contributed by atoms with Gasteiger partial charge in [0, 0.05) is 6.04 Å². The Hall–Kier alpha value is -1.11. The van der Waals surface area contributed by atoms with Gasteiger partial charge in [0.2, 0.25) is 10.0 Å². The van der Waals surface area contributed by atoms with Crippen molar-refractivity contribution in [3.05, 3.63) is 28.8 Å². The standard InChI is InChI=1S/C14H16ClNO4S/c15-11-4-3-10(14(17)18)7-13(11)21(19,20)16-12-6-8-1-2-9(12)5-8/h3-4,7-9,12,16H,1-2,5-6H2,(H,17,18). The molecule has 0 radical (unpaired) electrons. The summed E-state index contributed by atoms with van der Waals surface area (Å²) < 4.78 is 27.6. The first-order valence-corrected chi connectivity index (χ1v) is 8.78. The zero-order chi connectivity index (χ0) is 15.2. The Bertz CT molecular complexity index is 688. The van der Waals surface area contributed by atoms with E-state index in [4.69, 9.17) is 16.7 Å². The molecule has 7 heteroatoms. The van der Waals surface area contributed by atoms with Gasteiger partial charge >= 0.3 is 5.97 Å². The number of benzene rings is 1. The van der Waals surface area contributed by atoms with E-state index in [1.807, 2.05) is 0 Å². The van der Waals surface area contributed by atoms with Crippen LogP contribution in [0.2, 0.25) is 5.02 Å². The SMILES string of the molecule is O=C(O)c1ccc(Cl)c(S(=O)(=O)NC2CC3CCC2C3)c1. The third kappa shape index (κ3) is 2.80. The Morgan fingerprint density at radius 1 is 1.29 bits per heavy atom. The first-order valence-electron chi connectivity index (χ1n) is 6.92. The fraction of sp³-hybridized carbons (Fsp3) is 0.500. The van der Waals surface area contributed by atoms with Gasteiger partial charge in [0.15, 0.2) is 0 Å². The zero-order valence-electron chi connectivity index (χ0n) is 11.3. The van der Waals surface area contributed by atoms with Crippen LogP contribution in [0.4, 0.5) is 0 Å². The lowest BCUT2D eigenvalue weighted by Crippen LogP contribution is -2.38. The normalized spacial score (nSPS) is 28.0. The van der Waals surface area contributed by atoms with Crippen LogP contribution in [-0.4, -0.2) is 25.5 Å². The molecule has 1 aromatic rings. The van der Waals surface area contributed by atoms with Gasteiger partial charge in [0.1, 0.15) is 4.90 Å². The Labute approximate surface area is 128 Å². The summed E-state index contributed by atoms with van der Waals surface area (Å²) in [6, 6.07) is 3.65. The van der Waals surface area contributed by atoms with Crippen molar-refractivity contribution in [2.45, 2.75) is 36.6 Å². The Balaban J connectivity index is 1.88. The van der Waals surface area contributed by atoms with Crippen molar-refractivity contribution in [1.29, 1.82) is 0 Å². The highest BCUT2D eigenvalue weighted by Gasteiger charge is 2.41. The number of carboxylic acid groups (broad SMARTS) is 1. The van der Waals surface area contributed by atoms with E-state index in [1.165, 1.54) is 18.6 Å². The van der Waals surface area contributed by atoms with Crippen molar-refractivity contribution >= 4 is 27.6 Å². The molecule has 3 rings (SSSR count). The number of nitrogens with one attached hydrogen (secondary N) is 1. The van der Waals surface area contributed by atoms with Crippen LogP contribution in [-0.2, 0) is 10.0 Å². The topological polar surface area (TPSA) is 83.5 Å². The minimum atomic E-state index is -3.80. The lowest BCUT2D eigenvalue weighted by atomic mass is 9.96. The van der Waals surface area contributed by atoms with Gasteiger partial charge in [-0.05, 0) is 49.3 Å². The molecule has 2 fully saturated rings. The maximum Gasteiger partial charge on any atom is 0.335 e. The molecule has 0 aliphatic heterocycles. The molecule has 0 heterocycles. The van der Waals surface area contributed by atoms with Crippen LogP contribution in [0.15, 0.2) is 23.1 Å². The monoisotopic (exact) mass is 329 g/mol. The highest BCUT2D eigenvalue weighted by Crippen LogP contribution is 2.45. The molecule has 3 unspecified atom stereocenters. The molecule has 114 valence electrons. The first kappa shape index (κ1) is 14.8.